The van der Waals surface area contributed by atoms with Crippen LogP contribution in [0.4, 0.5) is 0 Å². The average molecular weight is 305 g/mol. The van der Waals surface area contributed by atoms with Gasteiger partial charge >= 0.3 is 5.97 Å². The van der Waals surface area contributed by atoms with Crippen molar-refractivity contribution in [3.63, 3.8) is 0 Å². The zero-order valence-corrected chi connectivity index (χ0v) is 12.2. The van der Waals surface area contributed by atoms with E-state index >= 15 is 0 Å². The van der Waals surface area contributed by atoms with Gasteiger partial charge in [-0.2, -0.15) is 0 Å². The highest BCUT2D eigenvalue weighted by molar-refractivity contribution is 6.34. The summed E-state index contributed by atoms with van der Waals surface area (Å²) in [5.74, 6) is -1.80. The van der Waals surface area contributed by atoms with Gasteiger partial charge in [-0.25, -0.2) is 9.78 Å². The Morgan fingerprint density at radius 2 is 1.89 bits per heavy atom. The fraction of sp³-hybridized carbons (Fsp3) is 0.417. The number of amides is 1. The Morgan fingerprint density at radius 1 is 1.32 bits per heavy atom. The molecule has 7 heteroatoms. The van der Waals surface area contributed by atoms with Crippen LogP contribution in [0.15, 0.2) is 12.1 Å². The van der Waals surface area contributed by atoms with Crippen molar-refractivity contribution in [2.24, 2.45) is 5.41 Å². The van der Waals surface area contributed by atoms with Crippen LogP contribution < -0.4 is 5.32 Å². The maximum Gasteiger partial charge on any atom is 0.326 e. The van der Waals surface area contributed by atoms with E-state index in [2.05, 4.69) is 10.3 Å². The molecule has 0 bridgehead atoms. The molecule has 0 spiro atoms. The molecule has 0 aliphatic heterocycles. The molecular formula is C12H14Cl2N2O3. The smallest absolute Gasteiger partial charge is 0.326 e. The molecule has 0 saturated heterocycles. The van der Waals surface area contributed by atoms with Gasteiger partial charge < -0.3 is 10.4 Å². The van der Waals surface area contributed by atoms with Crippen LogP contribution in [-0.4, -0.2) is 28.0 Å². The number of aliphatic carboxylic acids is 1. The molecule has 1 aromatic heterocycles. The summed E-state index contributed by atoms with van der Waals surface area (Å²) in [6.45, 7) is 5.12. The van der Waals surface area contributed by atoms with Crippen LogP contribution in [0.1, 0.15) is 31.3 Å². The SMILES string of the molecule is CC(C)(C)[C@H](NC(=O)c1nc(Cl)ccc1Cl)C(=O)O. The number of rotatable bonds is 3. The van der Waals surface area contributed by atoms with E-state index in [1.807, 2.05) is 0 Å². The van der Waals surface area contributed by atoms with Gasteiger partial charge in [0, 0.05) is 0 Å². The van der Waals surface area contributed by atoms with Crippen molar-refractivity contribution >= 4 is 35.1 Å². The second-order valence-electron chi connectivity index (χ2n) is 5.08. The van der Waals surface area contributed by atoms with Gasteiger partial charge in [-0.1, -0.05) is 44.0 Å². The van der Waals surface area contributed by atoms with Gasteiger partial charge in [-0.05, 0) is 17.5 Å². The third kappa shape index (κ3) is 4.08. The molecule has 0 aliphatic rings. The predicted molar refractivity (Wildman–Crippen MR) is 72.6 cm³/mol. The molecule has 1 atom stereocenters. The normalized spacial score (nSPS) is 12.9. The lowest BCUT2D eigenvalue weighted by atomic mass is 9.86. The fourth-order valence-electron chi connectivity index (χ4n) is 1.43. The Morgan fingerprint density at radius 3 is 2.37 bits per heavy atom. The van der Waals surface area contributed by atoms with Crippen molar-refractivity contribution in [3.05, 3.63) is 28.0 Å². The summed E-state index contributed by atoms with van der Waals surface area (Å²) >= 11 is 11.5. The van der Waals surface area contributed by atoms with Crippen molar-refractivity contribution in [3.8, 4) is 0 Å². The summed E-state index contributed by atoms with van der Waals surface area (Å²) in [6.07, 6.45) is 0. The van der Waals surface area contributed by atoms with E-state index in [4.69, 9.17) is 28.3 Å². The van der Waals surface area contributed by atoms with Gasteiger partial charge in [0.1, 0.15) is 16.9 Å². The standard InChI is InChI=1S/C12H14Cl2N2O3/c1-12(2,3)9(11(18)19)16-10(17)8-6(13)4-5-7(14)15-8/h4-5,9H,1-3H3,(H,16,17)(H,18,19)/t9-/m1/s1. The van der Waals surface area contributed by atoms with Crippen molar-refractivity contribution in [2.75, 3.05) is 0 Å². The molecule has 1 rings (SSSR count). The van der Waals surface area contributed by atoms with Gasteiger partial charge in [0.25, 0.3) is 5.91 Å². The second-order valence-corrected chi connectivity index (χ2v) is 5.87. The Hall–Kier alpha value is -1.33. The van der Waals surface area contributed by atoms with Crippen LogP contribution in [-0.2, 0) is 4.79 Å². The Labute approximate surface area is 120 Å². The Bertz CT molecular complexity index is 512. The van der Waals surface area contributed by atoms with Crippen LogP contribution in [0.2, 0.25) is 10.2 Å². The molecule has 0 fully saturated rings. The highest BCUT2D eigenvalue weighted by atomic mass is 35.5. The highest BCUT2D eigenvalue weighted by Crippen LogP contribution is 2.21. The molecule has 0 aliphatic carbocycles. The number of pyridine rings is 1. The van der Waals surface area contributed by atoms with Crippen LogP contribution in [0, 0.1) is 5.41 Å². The number of carboxylic acids is 1. The molecule has 5 nitrogen and oxygen atoms in total. The zero-order valence-electron chi connectivity index (χ0n) is 10.7. The molecule has 2 N–H and O–H groups in total. The molecule has 0 aromatic carbocycles. The van der Waals surface area contributed by atoms with Crippen LogP contribution in [0.5, 0.6) is 0 Å². The number of halogens is 2. The molecule has 1 amide bonds. The maximum absolute atomic E-state index is 12.0. The largest absolute Gasteiger partial charge is 0.480 e. The van der Waals surface area contributed by atoms with Gasteiger partial charge in [0.2, 0.25) is 0 Å². The number of carboxylic acid groups (broad SMARTS) is 1. The van der Waals surface area contributed by atoms with E-state index < -0.39 is 23.3 Å². The van der Waals surface area contributed by atoms with Crippen LogP contribution in [0.3, 0.4) is 0 Å². The molecule has 19 heavy (non-hydrogen) atoms. The van der Waals surface area contributed by atoms with E-state index in [1.54, 1.807) is 20.8 Å². The summed E-state index contributed by atoms with van der Waals surface area (Å²) in [5, 5.41) is 11.8. The summed E-state index contributed by atoms with van der Waals surface area (Å²) in [4.78, 5) is 27.0. The monoisotopic (exact) mass is 304 g/mol. The number of nitrogens with zero attached hydrogens (tertiary/aromatic N) is 1. The molecule has 1 heterocycles. The first-order chi connectivity index (χ1) is 8.62. The number of carbonyl (C=O) groups excluding carboxylic acids is 1. The van der Waals surface area contributed by atoms with Crippen LogP contribution >= 0.6 is 23.2 Å². The van der Waals surface area contributed by atoms with Crippen molar-refractivity contribution in [1.29, 1.82) is 0 Å². The van der Waals surface area contributed by atoms with E-state index in [9.17, 15) is 9.59 Å². The quantitative estimate of drug-likeness (QED) is 0.841. The van der Waals surface area contributed by atoms with E-state index in [-0.39, 0.29) is 15.9 Å². The first-order valence-corrected chi connectivity index (χ1v) is 6.24. The molecule has 0 saturated carbocycles. The average Bonchev–Trinajstić information content (AvgIpc) is 2.26. The zero-order chi connectivity index (χ0) is 14.8. The third-order valence-electron chi connectivity index (χ3n) is 2.42. The lowest BCUT2D eigenvalue weighted by Gasteiger charge is -2.27. The predicted octanol–water partition coefficient (Wildman–Crippen LogP) is 2.62. The Balaban J connectivity index is 3.01. The minimum atomic E-state index is -1.13. The highest BCUT2D eigenvalue weighted by Gasteiger charge is 2.33. The summed E-state index contributed by atoms with van der Waals surface area (Å²) in [6, 6.07) is 1.81. The van der Waals surface area contributed by atoms with E-state index in [1.165, 1.54) is 12.1 Å². The lowest BCUT2D eigenvalue weighted by molar-refractivity contribution is -0.142. The molecule has 0 unspecified atom stereocenters. The topological polar surface area (TPSA) is 79.3 Å². The minimum Gasteiger partial charge on any atom is -0.480 e. The first kappa shape index (κ1) is 15.7. The van der Waals surface area contributed by atoms with Crippen molar-refractivity contribution < 1.29 is 14.7 Å². The number of carbonyl (C=O) groups is 2. The third-order valence-corrected chi connectivity index (χ3v) is 2.93. The Kier molecular flexibility index (Phi) is 4.76. The van der Waals surface area contributed by atoms with Gasteiger partial charge in [0.15, 0.2) is 0 Å². The van der Waals surface area contributed by atoms with Gasteiger partial charge in [-0.3, -0.25) is 4.79 Å². The maximum atomic E-state index is 12.0. The van der Waals surface area contributed by atoms with E-state index in [0.29, 0.717) is 0 Å². The van der Waals surface area contributed by atoms with Crippen molar-refractivity contribution in [1.82, 2.24) is 10.3 Å². The van der Waals surface area contributed by atoms with Gasteiger partial charge in [0.05, 0.1) is 5.02 Å². The number of aromatic nitrogens is 1. The van der Waals surface area contributed by atoms with Crippen LogP contribution in [0.25, 0.3) is 0 Å². The first-order valence-electron chi connectivity index (χ1n) is 5.48. The van der Waals surface area contributed by atoms with E-state index in [0.717, 1.165) is 0 Å². The molecular weight excluding hydrogens is 291 g/mol. The lowest BCUT2D eigenvalue weighted by Crippen LogP contribution is -2.49. The molecule has 104 valence electrons. The minimum absolute atomic E-state index is 0.0929. The van der Waals surface area contributed by atoms with Gasteiger partial charge in [-0.15, -0.1) is 0 Å². The molecule has 0 radical (unpaired) electrons. The summed E-state index contributed by atoms with van der Waals surface area (Å²) in [7, 11) is 0. The number of hydrogen-bond donors (Lipinski definition) is 2. The number of nitrogens with one attached hydrogen (secondary N) is 1. The van der Waals surface area contributed by atoms with Crippen molar-refractivity contribution in [2.45, 2.75) is 26.8 Å². The fourth-order valence-corrected chi connectivity index (χ4v) is 1.76. The number of hydrogen-bond acceptors (Lipinski definition) is 3. The molecule has 1 aromatic rings. The second kappa shape index (κ2) is 5.75. The summed E-state index contributed by atoms with van der Waals surface area (Å²) < 4.78 is 0. The summed E-state index contributed by atoms with van der Waals surface area (Å²) in [5.41, 5.74) is -0.739.